The third-order valence-electron chi connectivity index (χ3n) is 3.96. The Labute approximate surface area is 138 Å². The minimum atomic E-state index is -0.172. The first kappa shape index (κ1) is 14.4. The highest BCUT2D eigenvalue weighted by molar-refractivity contribution is 5.97. The van der Waals surface area contributed by atoms with Crippen LogP contribution in [0.5, 0.6) is 5.75 Å². The fourth-order valence-electron chi connectivity index (χ4n) is 2.82. The van der Waals surface area contributed by atoms with Crippen molar-refractivity contribution in [2.24, 2.45) is 0 Å². The molecule has 1 aliphatic rings. The molecule has 4 rings (SSSR count). The molecule has 0 unspecified atom stereocenters. The summed E-state index contributed by atoms with van der Waals surface area (Å²) in [6.07, 6.45) is 2.21. The summed E-state index contributed by atoms with van der Waals surface area (Å²) < 4.78 is 7.20. The fraction of sp³-hybridized carbons (Fsp3) is 0.176. The van der Waals surface area contributed by atoms with Gasteiger partial charge < -0.3 is 10.1 Å². The normalized spacial score (nSPS) is 16.1. The second kappa shape index (κ2) is 6.11. The number of hydrogen-bond acceptors (Lipinski definition) is 5. The number of amides is 1. The Hall–Kier alpha value is -3.22. The molecular weight excluding hydrogens is 306 g/mol. The summed E-state index contributed by atoms with van der Waals surface area (Å²) in [4.78, 5) is 12.7. The summed E-state index contributed by atoms with van der Waals surface area (Å²) in [5, 5.41) is 14.1. The Bertz CT molecular complexity index is 863. The van der Waals surface area contributed by atoms with Crippen LogP contribution < -0.4 is 10.1 Å². The lowest BCUT2D eigenvalue weighted by Gasteiger charge is -2.26. The van der Waals surface area contributed by atoms with E-state index < -0.39 is 0 Å². The summed E-state index contributed by atoms with van der Waals surface area (Å²) >= 11 is 0. The summed E-state index contributed by atoms with van der Waals surface area (Å²) in [6.45, 7) is 0.454. The van der Waals surface area contributed by atoms with Crippen LogP contribution in [0.2, 0.25) is 0 Å². The molecule has 0 aliphatic carbocycles. The number of para-hydroxylation sites is 2. The van der Waals surface area contributed by atoms with Crippen LogP contribution in [0.15, 0.2) is 54.9 Å². The molecule has 7 nitrogen and oxygen atoms in total. The van der Waals surface area contributed by atoms with Crippen molar-refractivity contribution in [1.82, 2.24) is 25.5 Å². The zero-order chi connectivity index (χ0) is 16.4. The van der Waals surface area contributed by atoms with E-state index in [2.05, 4.69) is 20.8 Å². The van der Waals surface area contributed by atoms with Crippen molar-refractivity contribution >= 4 is 5.91 Å². The van der Waals surface area contributed by atoms with Gasteiger partial charge in [0.2, 0.25) is 0 Å². The number of rotatable bonds is 3. The van der Waals surface area contributed by atoms with Crippen LogP contribution in [0.4, 0.5) is 0 Å². The average Bonchev–Trinajstić information content (AvgIpc) is 3.16. The molecule has 1 atom stereocenters. The SMILES string of the molecule is O=C(N[C@@H]1COc2ccccc2C1)c1ccccc1-n1cnnn1. The van der Waals surface area contributed by atoms with E-state index in [0.29, 0.717) is 17.9 Å². The molecule has 1 N–H and O–H groups in total. The Morgan fingerprint density at radius 3 is 2.88 bits per heavy atom. The number of ether oxygens (including phenoxy) is 1. The zero-order valence-electron chi connectivity index (χ0n) is 12.8. The highest BCUT2D eigenvalue weighted by Gasteiger charge is 2.23. The van der Waals surface area contributed by atoms with E-state index in [-0.39, 0.29) is 11.9 Å². The van der Waals surface area contributed by atoms with Crippen molar-refractivity contribution in [2.75, 3.05) is 6.61 Å². The molecule has 0 spiro atoms. The number of tetrazole rings is 1. The average molecular weight is 321 g/mol. The standard InChI is InChI=1S/C17H15N5O2/c23-17(14-6-2-3-7-15(14)22-11-18-20-21-22)19-13-9-12-5-1-4-8-16(12)24-10-13/h1-8,11,13H,9-10H2,(H,19,23)/t13-/m0/s1. The van der Waals surface area contributed by atoms with Gasteiger partial charge in [0.15, 0.2) is 0 Å². The minimum absolute atomic E-state index is 0.0747. The summed E-state index contributed by atoms with van der Waals surface area (Å²) in [5.41, 5.74) is 2.25. The molecule has 1 aromatic heterocycles. The molecule has 0 fully saturated rings. The molecule has 0 saturated heterocycles. The van der Waals surface area contributed by atoms with Crippen molar-refractivity contribution in [3.8, 4) is 11.4 Å². The van der Waals surface area contributed by atoms with Crippen LogP contribution in [0.3, 0.4) is 0 Å². The van der Waals surface area contributed by atoms with Crippen LogP contribution in [-0.4, -0.2) is 38.8 Å². The lowest BCUT2D eigenvalue weighted by Crippen LogP contribution is -2.43. The molecule has 2 aromatic carbocycles. The third kappa shape index (κ3) is 2.71. The number of carbonyl (C=O) groups is 1. The van der Waals surface area contributed by atoms with Crippen LogP contribution in [0, 0.1) is 0 Å². The largest absolute Gasteiger partial charge is 0.491 e. The lowest BCUT2D eigenvalue weighted by molar-refractivity contribution is 0.0915. The molecule has 24 heavy (non-hydrogen) atoms. The lowest BCUT2D eigenvalue weighted by atomic mass is 10.0. The van der Waals surface area contributed by atoms with Gasteiger partial charge in [-0.3, -0.25) is 4.79 Å². The van der Waals surface area contributed by atoms with Crippen molar-refractivity contribution in [1.29, 1.82) is 0 Å². The van der Waals surface area contributed by atoms with E-state index >= 15 is 0 Å². The number of fused-ring (bicyclic) bond motifs is 1. The van der Waals surface area contributed by atoms with Crippen LogP contribution in [0.25, 0.3) is 5.69 Å². The summed E-state index contributed by atoms with van der Waals surface area (Å²) in [6, 6.07) is 15.0. The predicted molar refractivity (Wildman–Crippen MR) is 86.0 cm³/mol. The van der Waals surface area contributed by atoms with E-state index in [1.54, 1.807) is 12.1 Å². The number of nitrogens with zero attached hydrogens (tertiary/aromatic N) is 4. The molecule has 3 aromatic rings. The van der Waals surface area contributed by atoms with Gasteiger partial charge in [0.25, 0.3) is 5.91 Å². The van der Waals surface area contributed by atoms with Gasteiger partial charge in [0.1, 0.15) is 18.7 Å². The summed E-state index contributed by atoms with van der Waals surface area (Å²) in [7, 11) is 0. The van der Waals surface area contributed by atoms with Gasteiger partial charge in [-0.2, -0.15) is 4.68 Å². The number of nitrogens with one attached hydrogen (secondary N) is 1. The van der Waals surface area contributed by atoms with E-state index in [4.69, 9.17) is 4.74 Å². The number of benzene rings is 2. The maximum absolute atomic E-state index is 12.7. The van der Waals surface area contributed by atoms with Gasteiger partial charge in [0.05, 0.1) is 17.3 Å². The smallest absolute Gasteiger partial charge is 0.253 e. The van der Waals surface area contributed by atoms with Crippen LogP contribution in [0.1, 0.15) is 15.9 Å². The molecule has 0 radical (unpaired) electrons. The van der Waals surface area contributed by atoms with Crippen LogP contribution >= 0.6 is 0 Å². The molecule has 7 heteroatoms. The van der Waals surface area contributed by atoms with Gasteiger partial charge in [-0.25, -0.2) is 0 Å². The Kier molecular flexibility index (Phi) is 3.66. The summed E-state index contributed by atoms with van der Waals surface area (Å²) in [5.74, 6) is 0.714. The Balaban J connectivity index is 1.54. The van der Waals surface area contributed by atoms with Crippen molar-refractivity contribution in [3.05, 3.63) is 66.0 Å². The van der Waals surface area contributed by atoms with E-state index in [0.717, 1.165) is 17.7 Å². The maximum Gasteiger partial charge on any atom is 0.253 e. The molecule has 0 bridgehead atoms. The van der Waals surface area contributed by atoms with E-state index in [1.165, 1.54) is 11.0 Å². The molecule has 120 valence electrons. The third-order valence-corrected chi connectivity index (χ3v) is 3.96. The van der Waals surface area contributed by atoms with Crippen LogP contribution in [-0.2, 0) is 6.42 Å². The Morgan fingerprint density at radius 1 is 1.17 bits per heavy atom. The first-order valence-electron chi connectivity index (χ1n) is 7.65. The van der Waals surface area contributed by atoms with Gasteiger partial charge in [-0.15, -0.1) is 5.10 Å². The second-order valence-electron chi connectivity index (χ2n) is 5.56. The van der Waals surface area contributed by atoms with Gasteiger partial charge in [-0.1, -0.05) is 30.3 Å². The van der Waals surface area contributed by atoms with Crippen molar-refractivity contribution < 1.29 is 9.53 Å². The quantitative estimate of drug-likeness (QED) is 0.788. The number of carbonyl (C=O) groups excluding carboxylic acids is 1. The molecular formula is C17H15N5O2. The van der Waals surface area contributed by atoms with Gasteiger partial charge in [0, 0.05) is 0 Å². The highest BCUT2D eigenvalue weighted by atomic mass is 16.5. The monoisotopic (exact) mass is 321 g/mol. The first-order valence-corrected chi connectivity index (χ1v) is 7.65. The van der Waals surface area contributed by atoms with Crippen molar-refractivity contribution in [2.45, 2.75) is 12.5 Å². The number of hydrogen-bond donors (Lipinski definition) is 1. The predicted octanol–water partition coefficient (Wildman–Crippen LogP) is 1.40. The Morgan fingerprint density at radius 2 is 2.00 bits per heavy atom. The minimum Gasteiger partial charge on any atom is -0.491 e. The highest BCUT2D eigenvalue weighted by Crippen LogP contribution is 2.24. The maximum atomic E-state index is 12.7. The number of aromatic nitrogens is 4. The first-order chi connectivity index (χ1) is 11.8. The fourth-order valence-corrected chi connectivity index (χ4v) is 2.82. The van der Waals surface area contributed by atoms with Crippen molar-refractivity contribution in [3.63, 3.8) is 0 Å². The van der Waals surface area contributed by atoms with Gasteiger partial charge >= 0.3 is 0 Å². The van der Waals surface area contributed by atoms with E-state index in [9.17, 15) is 4.79 Å². The topological polar surface area (TPSA) is 81.9 Å². The molecule has 2 heterocycles. The van der Waals surface area contributed by atoms with E-state index in [1.807, 2.05) is 36.4 Å². The molecule has 0 saturated carbocycles. The van der Waals surface area contributed by atoms with Gasteiger partial charge in [-0.05, 0) is 40.6 Å². The molecule has 1 amide bonds. The molecule has 1 aliphatic heterocycles. The zero-order valence-corrected chi connectivity index (χ0v) is 12.8. The second-order valence-corrected chi connectivity index (χ2v) is 5.56.